The van der Waals surface area contributed by atoms with E-state index < -0.39 is 36.5 Å². The number of aromatic nitrogens is 2. The van der Waals surface area contributed by atoms with Crippen LogP contribution in [0.2, 0.25) is 0 Å². The van der Waals surface area contributed by atoms with E-state index >= 15 is 0 Å². The zero-order valence-corrected chi connectivity index (χ0v) is 15.8. The average molecular weight is 401 g/mol. The van der Waals surface area contributed by atoms with Gasteiger partial charge >= 0.3 is 11.9 Å². The van der Waals surface area contributed by atoms with Gasteiger partial charge in [0, 0.05) is 0 Å². The van der Waals surface area contributed by atoms with Gasteiger partial charge in [0.15, 0.2) is 0 Å². The van der Waals surface area contributed by atoms with Crippen molar-refractivity contribution in [1.82, 2.24) is 9.78 Å². The minimum atomic E-state index is -2.79. The Morgan fingerprint density at radius 1 is 1.22 bits per heavy atom. The summed E-state index contributed by atoms with van der Waals surface area (Å²) in [6.45, 7) is 2.55. The Bertz CT molecular complexity index is 891. The number of nitrogens with one attached hydrogen (secondary N) is 1. The lowest BCUT2D eigenvalue weighted by Crippen LogP contribution is -2.21. The van der Waals surface area contributed by atoms with Crippen LogP contribution < -0.4 is 5.32 Å². The van der Waals surface area contributed by atoms with E-state index in [-0.39, 0.29) is 21.0 Å². The van der Waals surface area contributed by atoms with E-state index in [1.165, 1.54) is 27.0 Å². The number of methoxy groups -OCH3 is 2. The molecule has 0 aliphatic heterocycles. The molecule has 2 aromatic heterocycles. The largest absolute Gasteiger partial charge is 0.465 e. The molecule has 0 bridgehead atoms. The molecule has 0 fully saturated rings. The molecule has 1 amide bonds. The highest BCUT2D eigenvalue weighted by molar-refractivity contribution is 7.18. The van der Waals surface area contributed by atoms with Crippen LogP contribution in [0, 0.1) is 13.8 Å². The van der Waals surface area contributed by atoms with Gasteiger partial charge in [-0.05, 0) is 25.5 Å². The number of ether oxygens (including phenoxy) is 2. The van der Waals surface area contributed by atoms with Gasteiger partial charge in [-0.25, -0.2) is 18.4 Å². The number of halogens is 2. The number of carbonyl (C=O) groups excluding carboxylic acids is 3. The van der Waals surface area contributed by atoms with Gasteiger partial charge in [-0.15, -0.1) is 11.3 Å². The number of nitrogens with zero attached hydrogens (tertiary/aromatic N) is 2. The summed E-state index contributed by atoms with van der Waals surface area (Å²) in [6.07, 6.45) is -2.79. The number of carbonyl (C=O) groups is 3. The number of rotatable bonds is 6. The zero-order chi connectivity index (χ0) is 20.3. The topological polar surface area (TPSA) is 99.5 Å². The van der Waals surface area contributed by atoms with Gasteiger partial charge in [-0.2, -0.15) is 5.10 Å². The maximum Gasteiger partial charge on any atom is 0.348 e. The molecule has 0 atom stereocenters. The molecular weight excluding hydrogens is 384 g/mol. The predicted octanol–water partition coefficient (Wildman–Crippen LogP) is 2.71. The maximum absolute atomic E-state index is 13.0. The molecule has 11 heteroatoms. The molecule has 0 aromatic carbocycles. The zero-order valence-electron chi connectivity index (χ0n) is 15.0. The van der Waals surface area contributed by atoms with Crippen LogP contribution in [0.15, 0.2) is 6.07 Å². The first-order chi connectivity index (χ1) is 12.7. The van der Waals surface area contributed by atoms with Gasteiger partial charge in [0.1, 0.15) is 22.1 Å². The summed E-state index contributed by atoms with van der Waals surface area (Å²) in [5, 5.41) is 6.38. The quantitative estimate of drug-likeness (QED) is 0.747. The fraction of sp³-hybridized carbons (Fsp3) is 0.375. The van der Waals surface area contributed by atoms with Crippen LogP contribution in [-0.4, -0.2) is 41.8 Å². The van der Waals surface area contributed by atoms with Crippen LogP contribution in [0.3, 0.4) is 0 Å². The smallest absolute Gasteiger partial charge is 0.348 e. The van der Waals surface area contributed by atoms with Gasteiger partial charge in [0.25, 0.3) is 6.43 Å². The monoisotopic (exact) mass is 401 g/mol. The first-order valence-corrected chi connectivity index (χ1v) is 8.43. The second-order valence-electron chi connectivity index (χ2n) is 5.46. The minimum absolute atomic E-state index is 0.00183. The molecule has 2 aromatic rings. The number of hydrogen-bond acceptors (Lipinski definition) is 7. The van der Waals surface area contributed by atoms with E-state index in [0.717, 1.165) is 23.1 Å². The highest BCUT2D eigenvalue weighted by Crippen LogP contribution is 2.34. The minimum Gasteiger partial charge on any atom is -0.465 e. The van der Waals surface area contributed by atoms with Crippen LogP contribution in [0.25, 0.3) is 0 Å². The van der Waals surface area contributed by atoms with Gasteiger partial charge in [0.05, 0.1) is 25.5 Å². The van der Waals surface area contributed by atoms with Gasteiger partial charge in [-0.1, -0.05) is 0 Å². The lowest BCUT2D eigenvalue weighted by molar-refractivity contribution is -0.117. The summed E-state index contributed by atoms with van der Waals surface area (Å²) in [5.74, 6) is -2.12. The van der Waals surface area contributed by atoms with E-state index in [2.05, 4.69) is 19.9 Å². The highest BCUT2D eigenvalue weighted by atomic mass is 32.1. The molecule has 0 spiro atoms. The molecule has 0 aliphatic rings. The molecule has 8 nitrogen and oxygen atoms in total. The molecule has 146 valence electrons. The SMILES string of the molecule is COC(=O)c1sc(NC(=O)Cn2nc(C)cc2C(F)F)c(C(=O)OC)c1C. The Kier molecular flexibility index (Phi) is 6.26. The Morgan fingerprint density at radius 2 is 1.85 bits per heavy atom. The maximum atomic E-state index is 13.0. The van der Waals surface area contributed by atoms with Crippen molar-refractivity contribution < 1.29 is 32.6 Å². The molecule has 0 radical (unpaired) electrons. The fourth-order valence-electron chi connectivity index (χ4n) is 2.41. The normalized spacial score (nSPS) is 10.8. The standard InChI is InChI=1S/C16H17F2N3O5S/c1-7-5-9(13(17)18)21(20-7)6-10(22)19-14-11(15(23)25-3)8(2)12(27-14)16(24)26-4/h5,13H,6H2,1-4H3,(H,19,22). The summed E-state index contributed by atoms with van der Waals surface area (Å²) in [6, 6.07) is 1.18. The first-order valence-electron chi connectivity index (χ1n) is 7.61. The Hall–Kier alpha value is -2.82. The van der Waals surface area contributed by atoms with Crippen LogP contribution in [-0.2, 0) is 20.8 Å². The summed E-state index contributed by atoms with van der Waals surface area (Å²) in [5.41, 5.74) is 0.237. The fourth-order valence-corrected chi connectivity index (χ4v) is 3.54. The van der Waals surface area contributed by atoms with Crippen molar-refractivity contribution in [2.24, 2.45) is 0 Å². The molecular formula is C16H17F2N3O5S. The first kappa shape index (κ1) is 20.5. The molecule has 0 saturated carbocycles. The van der Waals surface area contributed by atoms with Gasteiger partial charge in [0.2, 0.25) is 5.91 Å². The highest BCUT2D eigenvalue weighted by Gasteiger charge is 2.27. The van der Waals surface area contributed by atoms with Crippen molar-refractivity contribution in [3.63, 3.8) is 0 Å². The number of aryl methyl sites for hydroxylation is 1. The van der Waals surface area contributed by atoms with E-state index in [9.17, 15) is 23.2 Å². The molecule has 0 unspecified atom stereocenters. The summed E-state index contributed by atoms with van der Waals surface area (Å²) >= 11 is 0.832. The number of thiophene rings is 1. The molecule has 27 heavy (non-hydrogen) atoms. The summed E-state index contributed by atoms with van der Waals surface area (Å²) in [4.78, 5) is 36.3. The lowest BCUT2D eigenvalue weighted by atomic mass is 10.1. The average Bonchev–Trinajstić information content (AvgIpc) is 3.13. The van der Waals surface area contributed by atoms with Crippen molar-refractivity contribution in [1.29, 1.82) is 0 Å². The molecule has 0 aliphatic carbocycles. The third-order valence-electron chi connectivity index (χ3n) is 3.61. The number of anilines is 1. The predicted molar refractivity (Wildman–Crippen MR) is 92.3 cm³/mol. The van der Waals surface area contributed by atoms with Crippen LogP contribution in [0.5, 0.6) is 0 Å². The van der Waals surface area contributed by atoms with Crippen LogP contribution >= 0.6 is 11.3 Å². The van der Waals surface area contributed by atoms with Crippen molar-refractivity contribution in [3.8, 4) is 0 Å². The van der Waals surface area contributed by atoms with Crippen molar-refractivity contribution in [3.05, 3.63) is 33.5 Å². The van der Waals surface area contributed by atoms with E-state index in [1.54, 1.807) is 0 Å². The lowest BCUT2D eigenvalue weighted by Gasteiger charge is -2.08. The number of esters is 2. The third kappa shape index (κ3) is 4.30. The van der Waals surface area contributed by atoms with E-state index in [4.69, 9.17) is 0 Å². The molecule has 1 N–H and O–H groups in total. The Labute approximate surface area is 157 Å². The van der Waals surface area contributed by atoms with Crippen molar-refractivity contribution in [2.45, 2.75) is 26.8 Å². The summed E-state index contributed by atoms with van der Waals surface area (Å²) < 4.78 is 36.3. The number of hydrogen-bond donors (Lipinski definition) is 1. The molecule has 2 rings (SSSR count). The Morgan fingerprint density at radius 3 is 2.41 bits per heavy atom. The van der Waals surface area contributed by atoms with Crippen LogP contribution in [0.1, 0.15) is 43.4 Å². The molecule has 2 heterocycles. The van der Waals surface area contributed by atoms with E-state index in [0.29, 0.717) is 5.69 Å². The molecule has 0 saturated heterocycles. The number of amides is 1. The van der Waals surface area contributed by atoms with Gasteiger partial charge < -0.3 is 14.8 Å². The third-order valence-corrected chi connectivity index (χ3v) is 4.80. The van der Waals surface area contributed by atoms with Crippen molar-refractivity contribution >= 4 is 34.2 Å². The second kappa shape index (κ2) is 8.25. The second-order valence-corrected chi connectivity index (χ2v) is 6.48. The van der Waals surface area contributed by atoms with Crippen molar-refractivity contribution in [2.75, 3.05) is 19.5 Å². The van der Waals surface area contributed by atoms with E-state index in [1.807, 2.05) is 0 Å². The Balaban J connectivity index is 2.32. The summed E-state index contributed by atoms with van der Waals surface area (Å²) in [7, 11) is 2.34. The van der Waals surface area contributed by atoms with Crippen LogP contribution in [0.4, 0.5) is 13.8 Å². The number of alkyl halides is 2. The van der Waals surface area contributed by atoms with Gasteiger partial charge in [-0.3, -0.25) is 9.48 Å².